The predicted octanol–water partition coefficient (Wildman–Crippen LogP) is 1.95. The summed E-state index contributed by atoms with van der Waals surface area (Å²) in [5.41, 5.74) is 0.0815. The summed E-state index contributed by atoms with van der Waals surface area (Å²) in [5.74, 6) is -0.524. The minimum atomic E-state index is -0.676. The molecule has 0 spiro atoms. The van der Waals surface area contributed by atoms with Crippen molar-refractivity contribution in [1.82, 2.24) is 10.3 Å². The van der Waals surface area contributed by atoms with Crippen molar-refractivity contribution in [3.05, 3.63) is 11.1 Å². The smallest absolute Gasteiger partial charge is 0.358 e. The van der Waals surface area contributed by atoms with Crippen molar-refractivity contribution in [2.24, 2.45) is 5.92 Å². The molecule has 0 bridgehead atoms. The molecule has 2 rings (SSSR count). The average molecular weight is 339 g/mol. The number of esters is 1. The molecule has 0 radical (unpaired) electrons. The van der Waals surface area contributed by atoms with Gasteiger partial charge >= 0.3 is 5.97 Å². The van der Waals surface area contributed by atoms with Crippen LogP contribution in [0.1, 0.15) is 50.0 Å². The Bertz CT molecular complexity index is 579. The lowest BCUT2D eigenvalue weighted by atomic mass is 9.87. The highest BCUT2D eigenvalue weighted by Gasteiger charge is 2.21. The maximum Gasteiger partial charge on any atom is 0.358 e. The zero-order valence-corrected chi connectivity index (χ0v) is 14.1. The second kappa shape index (κ2) is 8.05. The fraction of sp³-hybridized carbons (Fsp3) is 0.600. The lowest BCUT2D eigenvalue weighted by Crippen LogP contribution is -2.39. The van der Waals surface area contributed by atoms with Crippen LogP contribution < -0.4 is 10.6 Å². The monoisotopic (exact) mass is 339 g/mol. The van der Waals surface area contributed by atoms with Gasteiger partial charge in [-0.05, 0) is 31.6 Å². The minimum absolute atomic E-state index is 0.0815. The van der Waals surface area contributed by atoms with E-state index in [1.165, 1.54) is 12.3 Å². The highest BCUT2D eigenvalue weighted by Crippen LogP contribution is 2.23. The molecule has 0 saturated heterocycles. The van der Waals surface area contributed by atoms with Crippen LogP contribution in [-0.2, 0) is 14.3 Å². The van der Waals surface area contributed by atoms with Gasteiger partial charge in [-0.3, -0.25) is 9.59 Å². The Balaban J connectivity index is 1.74. The van der Waals surface area contributed by atoms with Gasteiger partial charge in [-0.15, -0.1) is 11.3 Å². The van der Waals surface area contributed by atoms with Crippen molar-refractivity contribution < 1.29 is 19.1 Å². The van der Waals surface area contributed by atoms with E-state index in [1.54, 1.807) is 0 Å². The quantitative estimate of drug-likeness (QED) is 0.799. The van der Waals surface area contributed by atoms with E-state index in [-0.39, 0.29) is 30.2 Å². The Hall–Kier alpha value is -1.96. The molecule has 1 saturated carbocycles. The topological polar surface area (TPSA) is 97.4 Å². The summed E-state index contributed by atoms with van der Waals surface area (Å²) in [6.45, 7) is 3.25. The number of anilines is 1. The lowest BCUT2D eigenvalue weighted by molar-refractivity contribution is -0.125. The number of thiazole rings is 1. The van der Waals surface area contributed by atoms with Crippen molar-refractivity contribution in [3.8, 4) is 0 Å². The van der Waals surface area contributed by atoms with Crippen molar-refractivity contribution in [2.45, 2.75) is 45.6 Å². The second-order valence-electron chi connectivity index (χ2n) is 5.82. The van der Waals surface area contributed by atoms with Crippen LogP contribution in [0.2, 0.25) is 0 Å². The van der Waals surface area contributed by atoms with E-state index < -0.39 is 5.97 Å². The zero-order chi connectivity index (χ0) is 16.8. The van der Waals surface area contributed by atoms with E-state index in [1.807, 2.05) is 0 Å². The van der Waals surface area contributed by atoms with Crippen LogP contribution in [0.5, 0.6) is 0 Å². The molecule has 0 unspecified atom stereocenters. The number of ether oxygens (including phenoxy) is 1. The van der Waals surface area contributed by atoms with Gasteiger partial charge in [0, 0.05) is 18.3 Å². The van der Waals surface area contributed by atoms with Gasteiger partial charge < -0.3 is 15.4 Å². The molecule has 2 N–H and O–H groups in total. The maximum absolute atomic E-state index is 11.8. The lowest BCUT2D eigenvalue weighted by Gasteiger charge is -2.26. The number of nitrogens with zero attached hydrogens (tertiary/aromatic N) is 1. The summed E-state index contributed by atoms with van der Waals surface area (Å²) in [6.07, 6.45) is 4.14. The third-order valence-electron chi connectivity index (χ3n) is 3.71. The molecular weight excluding hydrogens is 318 g/mol. The molecule has 0 aliphatic heterocycles. The van der Waals surface area contributed by atoms with E-state index >= 15 is 0 Å². The van der Waals surface area contributed by atoms with E-state index in [2.05, 4.69) is 22.5 Å². The van der Waals surface area contributed by atoms with Gasteiger partial charge in [0.25, 0.3) is 5.91 Å². The SMILES string of the molecule is CC(=O)Nc1nc(C(=O)OCC(=O)NC2CCC(C)CC2)cs1. The average Bonchev–Trinajstić information content (AvgIpc) is 2.95. The van der Waals surface area contributed by atoms with Gasteiger partial charge in [-0.2, -0.15) is 0 Å². The van der Waals surface area contributed by atoms with E-state index in [4.69, 9.17) is 4.74 Å². The fourth-order valence-corrected chi connectivity index (χ4v) is 3.18. The molecule has 2 amide bonds. The van der Waals surface area contributed by atoms with Crippen molar-refractivity contribution >= 4 is 34.3 Å². The highest BCUT2D eigenvalue weighted by molar-refractivity contribution is 7.14. The number of hydrogen-bond donors (Lipinski definition) is 2. The van der Waals surface area contributed by atoms with E-state index in [0.717, 1.165) is 37.0 Å². The van der Waals surface area contributed by atoms with Crippen LogP contribution in [0.25, 0.3) is 0 Å². The van der Waals surface area contributed by atoms with Gasteiger partial charge in [0.1, 0.15) is 0 Å². The number of hydrogen-bond acceptors (Lipinski definition) is 6. The number of aromatic nitrogens is 1. The molecule has 1 aromatic heterocycles. The molecule has 1 aliphatic carbocycles. The van der Waals surface area contributed by atoms with Crippen LogP contribution in [0.3, 0.4) is 0 Å². The first kappa shape index (κ1) is 17.4. The first-order valence-electron chi connectivity index (χ1n) is 7.63. The van der Waals surface area contributed by atoms with Gasteiger partial charge in [-0.25, -0.2) is 9.78 Å². The number of rotatable bonds is 5. The van der Waals surface area contributed by atoms with Crippen molar-refractivity contribution in [3.63, 3.8) is 0 Å². The molecule has 0 atom stereocenters. The maximum atomic E-state index is 11.8. The van der Waals surface area contributed by atoms with Crippen molar-refractivity contribution in [2.75, 3.05) is 11.9 Å². The molecule has 1 aromatic rings. The van der Waals surface area contributed by atoms with Crippen LogP contribution in [0.15, 0.2) is 5.38 Å². The summed E-state index contributed by atoms with van der Waals surface area (Å²) < 4.78 is 4.95. The minimum Gasteiger partial charge on any atom is -0.451 e. The Morgan fingerprint density at radius 3 is 2.65 bits per heavy atom. The number of carbonyl (C=O) groups excluding carboxylic acids is 3. The Labute approximate surface area is 138 Å². The van der Waals surface area contributed by atoms with E-state index in [9.17, 15) is 14.4 Å². The van der Waals surface area contributed by atoms with Crippen LogP contribution >= 0.6 is 11.3 Å². The molecular formula is C15H21N3O4S. The highest BCUT2D eigenvalue weighted by atomic mass is 32.1. The van der Waals surface area contributed by atoms with Crippen LogP contribution in [-0.4, -0.2) is 35.4 Å². The number of amides is 2. The standard InChI is InChI=1S/C15H21N3O4S/c1-9-3-5-11(6-4-9)17-13(20)7-22-14(21)12-8-23-15(18-12)16-10(2)19/h8-9,11H,3-7H2,1-2H3,(H,17,20)(H,16,18,19). The normalized spacial score (nSPS) is 20.6. The zero-order valence-electron chi connectivity index (χ0n) is 13.3. The Kier molecular flexibility index (Phi) is 6.09. The second-order valence-corrected chi connectivity index (χ2v) is 6.68. The predicted molar refractivity (Wildman–Crippen MR) is 86.3 cm³/mol. The van der Waals surface area contributed by atoms with Gasteiger partial charge in [0.15, 0.2) is 17.4 Å². The summed E-state index contributed by atoms with van der Waals surface area (Å²) >= 11 is 1.12. The summed E-state index contributed by atoms with van der Waals surface area (Å²) in [5, 5.41) is 7.18. The van der Waals surface area contributed by atoms with Gasteiger partial charge in [0.2, 0.25) is 5.91 Å². The molecule has 1 fully saturated rings. The molecule has 126 valence electrons. The third kappa shape index (κ3) is 5.63. The molecule has 1 heterocycles. The van der Waals surface area contributed by atoms with Gasteiger partial charge in [-0.1, -0.05) is 6.92 Å². The largest absolute Gasteiger partial charge is 0.451 e. The van der Waals surface area contributed by atoms with Crippen molar-refractivity contribution in [1.29, 1.82) is 0 Å². The summed E-state index contributed by atoms with van der Waals surface area (Å²) in [7, 11) is 0. The van der Waals surface area contributed by atoms with Crippen LogP contribution in [0.4, 0.5) is 5.13 Å². The first-order chi connectivity index (χ1) is 10.9. The molecule has 23 heavy (non-hydrogen) atoms. The number of nitrogens with one attached hydrogen (secondary N) is 2. The fourth-order valence-electron chi connectivity index (χ4n) is 2.45. The Morgan fingerprint density at radius 2 is 2.00 bits per heavy atom. The van der Waals surface area contributed by atoms with E-state index in [0.29, 0.717) is 11.0 Å². The first-order valence-corrected chi connectivity index (χ1v) is 8.51. The molecule has 7 nitrogen and oxygen atoms in total. The number of carbonyl (C=O) groups is 3. The third-order valence-corrected chi connectivity index (χ3v) is 4.47. The Morgan fingerprint density at radius 1 is 1.30 bits per heavy atom. The molecule has 8 heteroatoms. The van der Waals surface area contributed by atoms with Gasteiger partial charge in [0.05, 0.1) is 0 Å². The van der Waals surface area contributed by atoms with Crippen LogP contribution in [0, 0.1) is 5.92 Å². The summed E-state index contributed by atoms with van der Waals surface area (Å²) in [4.78, 5) is 38.5. The summed E-state index contributed by atoms with van der Waals surface area (Å²) in [6, 6.07) is 0.169. The molecule has 0 aromatic carbocycles. The molecule has 1 aliphatic rings.